The highest BCUT2D eigenvalue weighted by Crippen LogP contribution is 2.58. The lowest BCUT2D eigenvalue weighted by Gasteiger charge is -2.10. The van der Waals surface area contributed by atoms with Crippen molar-refractivity contribution in [3.63, 3.8) is 0 Å². The van der Waals surface area contributed by atoms with Gasteiger partial charge in [0.05, 0.1) is 0 Å². The Morgan fingerprint density at radius 3 is 2.33 bits per heavy atom. The molecule has 0 saturated carbocycles. The minimum absolute atomic E-state index is 0.267. The summed E-state index contributed by atoms with van der Waals surface area (Å²) in [6.07, 6.45) is 4.18. The van der Waals surface area contributed by atoms with E-state index >= 15 is 0 Å². The molecule has 0 aliphatic heterocycles. The fraction of sp³-hybridized carbons (Fsp3) is 1.00. The number of hydrogen-bond acceptors (Lipinski definition) is 0. The first-order valence-corrected chi connectivity index (χ1v) is 10.3. The lowest BCUT2D eigenvalue weighted by molar-refractivity contribution is 0.712. The van der Waals surface area contributed by atoms with E-state index in [0.717, 1.165) is 5.66 Å². The van der Waals surface area contributed by atoms with Gasteiger partial charge in [-0.25, -0.2) is 0 Å². The summed E-state index contributed by atoms with van der Waals surface area (Å²) >= 11 is 5.12. The van der Waals surface area contributed by atoms with Gasteiger partial charge in [-0.1, -0.05) is 26.7 Å². The Morgan fingerprint density at radius 1 is 1.44 bits per heavy atom. The topological polar surface area (TPSA) is 0 Å². The maximum absolute atomic E-state index is 2.56. The van der Waals surface area contributed by atoms with E-state index in [0.29, 0.717) is 0 Å². The quantitative estimate of drug-likeness (QED) is 0.495. The normalized spacial score (nSPS) is 14.3. The number of rotatable bonds is 4. The first-order chi connectivity index (χ1) is 4.18. The standard InChI is InChI=1S/C6H13I2P/c1-3-4-5-6(2)9(7)8/h6H,3-5H2,1-2H3. The molecule has 0 aliphatic carbocycles. The van der Waals surface area contributed by atoms with Gasteiger partial charge in [-0.3, -0.25) is 0 Å². The molecule has 0 N–H and O–H groups in total. The van der Waals surface area contributed by atoms with Crippen LogP contribution >= 0.6 is 47.3 Å². The summed E-state index contributed by atoms with van der Waals surface area (Å²) in [5, 5.41) is 0. The highest BCUT2D eigenvalue weighted by molar-refractivity contribution is 14.3. The van der Waals surface area contributed by atoms with Crippen LogP contribution in [0.3, 0.4) is 0 Å². The second kappa shape index (κ2) is 6.59. The second-order valence-corrected chi connectivity index (χ2v) is 15.4. The Hall–Kier alpha value is 1.89. The smallest absolute Gasteiger partial charge is 0.0276 e. The highest BCUT2D eigenvalue weighted by atomic mass is 127. The van der Waals surface area contributed by atoms with E-state index in [-0.39, 0.29) is 3.21 Å². The molecule has 0 fully saturated rings. The van der Waals surface area contributed by atoms with Crippen molar-refractivity contribution in [3.8, 4) is 0 Å². The fourth-order valence-corrected chi connectivity index (χ4v) is 2.65. The monoisotopic (exact) mass is 370 g/mol. The van der Waals surface area contributed by atoms with Gasteiger partial charge in [-0.05, 0) is 56.2 Å². The van der Waals surface area contributed by atoms with Crippen molar-refractivity contribution in [2.45, 2.75) is 38.8 Å². The van der Waals surface area contributed by atoms with Gasteiger partial charge in [0.25, 0.3) is 0 Å². The summed E-state index contributed by atoms with van der Waals surface area (Å²) in [5.74, 6) is 0. The van der Waals surface area contributed by atoms with Crippen LogP contribution < -0.4 is 0 Å². The van der Waals surface area contributed by atoms with Crippen molar-refractivity contribution in [2.75, 3.05) is 0 Å². The number of halogens is 2. The molecule has 1 atom stereocenters. The third kappa shape index (κ3) is 6.29. The lowest BCUT2D eigenvalue weighted by atomic mass is 10.2. The Bertz CT molecular complexity index is 66.1. The van der Waals surface area contributed by atoms with Gasteiger partial charge in [0.1, 0.15) is 0 Å². The van der Waals surface area contributed by atoms with Crippen LogP contribution in [0, 0.1) is 0 Å². The molecular formula is C6H13I2P. The van der Waals surface area contributed by atoms with E-state index < -0.39 is 0 Å². The SMILES string of the molecule is CCCCC(C)P(I)I. The molecule has 0 bridgehead atoms. The van der Waals surface area contributed by atoms with Crippen molar-refractivity contribution in [1.82, 2.24) is 0 Å². The molecule has 0 nitrogen and oxygen atoms in total. The number of hydrogen-bond donors (Lipinski definition) is 0. The molecule has 0 radical (unpaired) electrons. The van der Waals surface area contributed by atoms with Crippen LogP contribution in [0.1, 0.15) is 33.1 Å². The molecule has 0 aromatic heterocycles. The molecule has 3 heteroatoms. The molecule has 0 aromatic carbocycles. The van der Waals surface area contributed by atoms with E-state index in [9.17, 15) is 0 Å². The van der Waals surface area contributed by atoms with Crippen LogP contribution in [0.5, 0.6) is 0 Å². The van der Waals surface area contributed by atoms with E-state index in [1.165, 1.54) is 19.3 Å². The molecule has 0 spiro atoms. The molecule has 1 unspecified atom stereocenters. The van der Waals surface area contributed by atoms with Crippen LogP contribution in [0.4, 0.5) is 0 Å². The fourth-order valence-electron chi connectivity index (χ4n) is 0.597. The summed E-state index contributed by atoms with van der Waals surface area (Å²) in [7, 11) is 0. The minimum atomic E-state index is 0.267. The van der Waals surface area contributed by atoms with Crippen LogP contribution in [-0.4, -0.2) is 5.66 Å². The van der Waals surface area contributed by atoms with E-state index in [2.05, 4.69) is 57.9 Å². The average molecular weight is 370 g/mol. The van der Waals surface area contributed by atoms with Gasteiger partial charge in [0, 0.05) is 3.21 Å². The van der Waals surface area contributed by atoms with E-state index in [1.54, 1.807) is 0 Å². The van der Waals surface area contributed by atoms with Crippen LogP contribution in [-0.2, 0) is 0 Å². The van der Waals surface area contributed by atoms with Gasteiger partial charge in [-0.15, -0.1) is 0 Å². The summed E-state index contributed by atoms with van der Waals surface area (Å²) in [6, 6.07) is 0. The first-order valence-electron chi connectivity index (χ1n) is 3.29. The Labute approximate surface area is 85.3 Å². The predicted octanol–water partition coefficient (Wildman–Crippen LogP) is 4.75. The third-order valence-electron chi connectivity index (χ3n) is 1.31. The molecule has 0 aromatic rings. The number of unbranched alkanes of at least 4 members (excludes halogenated alkanes) is 1. The van der Waals surface area contributed by atoms with Crippen molar-refractivity contribution < 1.29 is 0 Å². The van der Waals surface area contributed by atoms with Crippen molar-refractivity contribution in [1.29, 1.82) is 0 Å². The summed E-state index contributed by atoms with van der Waals surface area (Å²) in [6.45, 7) is 4.62. The van der Waals surface area contributed by atoms with Crippen LogP contribution in [0.15, 0.2) is 0 Å². The van der Waals surface area contributed by atoms with Gasteiger partial charge in [0.2, 0.25) is 0 Å². The van der Waals surface area contributed by atoms with Gasteiger partial charge < -0.3 is 0 Å². The molecule has 0 rings (SSSR count). The molecular weight excluding hydrogens is 357 g/mol. The summed E-state index contributed by atoms with van der Waals surface area (Å²) < 4.78 is 0.267. The summed E-state index contributed by atoms with van der Waals surface area (Å²) in [4.78, 5) is 0. The molecule has 56 valence electrons. The molecule has 0 saturated heterocycles. The van der Waals surface area contributed by atoms with Crippen molar-refractivity contribution in [2.24, 2.45) is 0 Å². The zero-order valence-corrected chi connectivity index (χ0v) is 11.1. The second-order valence-electron chi connectivity index (χ2n) is 2.25. The first kappa shape index (κ1) is 10.9. The third-order valence-corrected chi connectivity index (χ3v) is 7.94. The van der Waals surface area contributed by atoms with Gasteiger partial charge >= 0.3 is 0 Å². The van der Waals surface area contributed by atoms with Crippen molar-refractivity contribution >= 4 is 47.3 Å². The maximum atomic E-state index is 2.56. The van der Waals surface area contributed by atoms with Crippen LogP contribution in [0.25, 0.3) is 0 Å². The maximum Gasteiger partial charge on any atom is 0.0276 e. The average Bonchev–Trinajstić information content (AvgIpc) is 1.82. The Kier molecular flexibility index (Phi) is 7.97. The zero-order valence-electron chi connectivity index (χ0n) is 5.90. The summed E-state index contributed by atoms with van der Waals surface area (Å²) in [5.41, 5.74) is 0.959. The zero-order chi connectivity index (χ0) is 7.28. The van der Waals surface area contributed by atoms with Crippen LogP contribution in [0.2, 0.25) is 0 Å². The van der Waals surface area contributed by atoms with E-state index in [1.807, 2.05) is 0 Å². The highest BCUT2D eigenvalue weighted by Gasteiger charge is 2.07. The largest absolute Gasteiger partial charge is 0.0654 e. The Balaban J connectivity index is 3.16. The molecule has 0 amide bonds. The minimum Gasteiger partial charge on any atom is -0.0654 e. The van der Waals surface area contributed by atoms with Gasteiger partial charge in [0.15, 0.2) is 0 Å². The van der Waals surface area contributed by atoms with E-state index in [4.69, 9.17) is 0 Å². The lowest BCUT2D eigenvalue weighted by Crippen LogP contribution is -1.91. The predicted molar refractivity (Wildman–Crippen MR) is 63.9 cm³/mol. The van der Waals surface area contributed by atoms with Crippen molar-refractivity contribution in [3.05, 3.63) is 0 Å². The Morgan fingerprint density at radius 2 is 2.00 bits per heavy atom. The molecule has 0 aliphatic rings. The molecule has 0 heterocycles. The van der Waals surface area contributed by atoms with Gasteiger partial charge in [-0.2, -0.15) is 0 Å². The molecule has 9 heavy (non-hydrogen) atoms.